The number of ether oxygens (including phenoxy) is 2. The van der Waals surface area contributed by atoms with Crippen molar-refractivity contribution >= 4 is 16.7 Å². The molecule has 0 aliphatic heterocycles. The second-order valence-corrected chi connectivity index (χ2v) is 5.65. The van der Waals surface area contributed by atoms with Crippen LogP contribution in [-0.2, 0) is 9.53 Å². The Kier molecular flexibility index (Phi) is 5.28. The van der Waals surface area contributed by atoms with Crippen LogP contribution in [0.25, 0.3) is 22.2 Å². The van der Waals surface area contributed by atoms with Crippen LogP contribution in [0.1, 0.15) is 5.69 Å². The van der Waals surface area contributed by atoms with Crippen molar-refractivity contribution in [2.24, 2.45) is 0 Å². The van der Waals surface area contributed by atoms with Gasteiger partial charge in [0, 0.05) is 17.3 Å². The number of carbonyl (C=O) groups is 1. The van der Waals surface area contributed by atoms with Gasteiger partial charge < -0.3 is 19.7 Å². The maximum atomic E-state index is 11.5. The zero-order valence-electron chi connectivity index (χ0n) is 14.2. The van der Waals surface area contributed by atoms with Crippen LogP contribution in [0.5, 0.6) is 11.6 Å². The van der Waals surface area contributed by atoms with Crippen LogP contribution in [0.4, 0.5) is 0 Å². The Morgan fingerprint density at radius 2 is 1.85 bits per heavy atom. The molecular weight excluding hydrogens is 336 g/mol. The lowest BCUT2D eigenvalue weighted by Crippen LogP contribution is -2.17. The number of fused-ring (bicyclic) bond motifs is 1. The van der Waals surface area contributed by atoms with Crippen LogP contribution in [0, 0.1) is 6.92 Å². The van der Waals surface area contributed by atoms with E-state index in [0.717, 1.165) is 16.3 Å². The van der Waals surface area contributed by atoms with Crippen molar-refractivity contribution in [3.8, 4) is 23.0 Å². The first-order valence-electron chi connectivity index (χ1n) is 8.03. The molecule has 0 aliphatic rings. The minimum Gasteiger partial charge on any atom is -0.508 e. The van der Waals surface area contributed by atoms with E-state index in [1.807, 2.05) is 24.3 Å². The third-order valence-electron chi connectivity index (χ3n) is 3.60. The summed E-state index contributed by atoms with van der Waals surface area (Å²) in [4.78, 5) is 20.2. The van der Waals surface area contributed by atoms with E-state index in [2.05, 4.69) is 9.97 Å². The van der Waals surface area contributed by atoms with Crippen molar-refractivity contribution in [3.05, 3.63) is 48.2 Å². The Labute approximate surface area is 149 Å². The Morgan fingerprint density at radius 1 is 1.08 bits per heavy atom. The Morgan fingerprint density at radius 3 is 2.65 bits per heavy atom. The number of hydrogen-bond donors (Lipinski definition) is 2. The zero-order chi connectivity index (χ0) is 18.5. The molecule has 7 nitrogen and oxygen atoms in total. The molecule has 2 aromatic carbocycles. The fourth-order valence-corrected chi connectivity index (χ4v) is 2.45. The molecule has 0 bridgehead atoms. The van der Waals surface area contributed by atoms with Crippen molar-refractivity contribution in [1.29, 1.82) is 0 Å². The highest BCUT2D eigenvalue weighted by Crippen LogP contribution is 2.26. The molecule has 134 valence electrons. The van der Waals surface area contributed by atoms with Gasteiger partial charge in [-0.1, -0.05) is 18.2 Å². The van der Waals surface area contributed by atoms with Gasteiger partial charge in [0.05, 0.1) is 6.61 Å². The summed E-state index contributed by atoms with van der Waals surface area (Å²) in [6.45, 7) is 1.21. The molecular formula is C19H18N2O5. The molecule has 7 heteroatoms. The van der Waals surface area contributed by atoms with Gasteiger partial charge in [-0.3, -0.25) is 0 Å². The average molecular weight is 354 g/mol. The molecule has 0 amide bonds. The quantitative estimate of drug-likeness (QED) is 0.654. The number of benzene rings is 2. The first-order chi connectivity index (χ1) is 12.5. The van der Waals surface area contributed by atoms with E-state index in [4.69, 9.17) is 14.6 Å². The summed E-state index contributed by atoms with van der Waals surface area (Å²) >= 11 is 0. The summed E-state index contributed by atoms with van der Waals surface area (Å²) in [6, 6.07) is 12.4. The molecule has 26 heavy (non-hydrogen) atoms. The molecule has 0 fully saturated rings. The van der Waals surface area contributed by atoms with Gasteiger partial charge in [0.2, 0.25) is 5.88 Å². The summed E-state index contributed by atoms with van der Waals surface area (Å²) in [5.41, 5.74) is 1.49. The van der Waals surface area contributed by atoms with Gasteiger partial charge in [-0.2, -0.15) is 4.98 Å². The van der Waals surface area contributed by atoms with Gasteiger partial charge in [0.25, 0.3) is 0 Å². The van der Waals surface area contributed by atoms with Crippen molar-refractivity contribution in [3.63, 3.8) is 0 Å². The van der Waals surface area contributed by atoms with Crippen molar-refractivity contribution < 1.29 is 24.5 Å². The predicted molar refractivity (Wildman–Crippen MR) is 94.9 cm³/mol. The number of esters is 1. The lowest BCUT2D eigenvalue weighted by molar-refractivity contribution is -0.147. The summed E-state index contributed by atoms with van der Waals surface area (Å²) in [5.74, 6) is 0.362. The number of rotatable bonds is 6. The topological polar surface area (TPSA) is 102 Å². The summed E-state index contributed by atoms with van der Waals surface area (Å²) < 4.78 is 10.1. The maximum absolute atomic E-state index is 11.5. The first kappa shape index (κ1) is 17.6. The number of aromatic nitrogens is 2. The third kappa shape index (κ3) is 4.25. The Balaban J connectivity index is 1.83. The lowest BCUT2D eigenvalue weighted by Gasteiger charge is -2.09. The number of aromatic hydroxyl groups is 1. The molecule has 1 aromatic heterocycles. The normalized spacial score (nSPS) is 10.7. The van der Waals surface area contributed by atoms with Gasteiger partial charge in [0.1, 0.15) is 12.4 Å². The number of phenols is 1. The monoisotopic (exact) mass is 354 g/mol. The molecule has 0 aliphatic carbocycles. The minimum atomic E-state index is -0.581. The molecule has 0 atom stereocenters. The number of aryl methyl sites for hydroxylation is 1. The lowest BCUT2D eigenvalue weighted by atomic mass is 10.1. The zero-order valence-corrected chi connectivity index (χ0v) is 14.2. The average Bonchev–Trinajstić information content (AvgIpc) is 2.63. The number of hydrogen-bond acceptors (Lipinski definition) is 7. The van der Waals surface area contributed by atoms with E-state index in [9.17, 15) is 9.90 Å². The molecule has 1 heterocycles. The molecule has 2 N–H and O–H groups in total. The first-order valence-corrected chi connectivity index (χ1v) is 8.03. The van der Waals surface area contributed by atoms with Crippen molar-refractivity contribution in [2.45, 2.75) is 6.92 Å². The SMILES string of the molecule is Cc1cc(OCC(=O)OCCO)nc(-c2ccc3cc(O)ccc3c2)n1. The summed E-state index contributed by atoms with van der Waals surface area (Å²) in [7, 11) is 0. The van der Waals surface area contributed by atoms with Gasteiger partial charge in [-0.15, -0.1) is 0 Å². The highest BCUT2D eigenvalue weighted by Gasteiger charge is 2.10. The Bertz CT molecular complexity index is 942. The highest BCUT2D eigenvalue weighted by molar-refractivity contribution is 5.87. The largest absolute Gasteiger partial charge is 0.508 e. The van der Waals surface area contributed by atoms with Crippen LogP contribution in [0.15, 0.2) is 42.5 Å². The molecule has 0 radical (unpaired) electrons. The van der Waals surface area contributed by atoms with Crippen LogP contribution < -0.4 is 4.74 Å². The maximum Gasteiger partial charge on any atom is 0.344 e. The van der Waals surface area contributed by atoms with E-state index in [0.29, 0.717) is 11.5 Å². The predicted octanol–water partition coefficient (Wildman–Crippen LogP) is 2.23. The molecule has 0 saturated carbocycles. The van der Waals surface area contributed by atoms with E-state index in [1.54, 1.807) is 25.1 Å². The van der Waals surface area contributed by atoms with Crippen LogP contribution >= 0.6 is 0 Å². The number of aliphatic hydroxyl groups is 1. The second kappa shape index (κ2) is 7.79. The van der Waals surface area contributed by atoms with Gasteiger partial charge >= 0.3 is 5.97 Å². The van der Waals surface area contributed by atoms with Crippen molar-refractivity contribution in [2.75, 3.05) is 19.8 Å². The van der Waals surface area contributed by atoms with E-state index >= 15 is 0 Å². The molecule has 0 saturated heterocycles. The van der Waals surface area contributed by atoms with Gasteiger partial charge in [-0.05, 0) is 35.9 Å². The van der Waals surface area contributed by atoms with Crippen LogP contribution in [0.3, 0.4) is 0 Å². The Hall–Kier alpha value is -3.19. The second-order valence-electron chi connectivity index (χ2n) is 5.65. The molecule has 3 aromatic rings. The summed E-state index contributed by atoms with van der Waals surface area (Å²) in [6.07, 6.45) is 0. The molecule has 0 spiro atoms. The van der Waals surface area contributed by atoms with Gasteiger partial charge in [-0.25, -0.2) is 9.78 Å². The third-order valence-corrected chi connectivity index (χ3v) is 3.60. The van der Waals surface area contributed by atoms with Crippen LogP contribution in [-0.4, -0.2) is 46.0 Å². The smallest absolute Gasteiger partial charge is 0.344 e. The summed E-state index contributed by atoms with van der Waals surface area (Å²) in [5, 5.41) is 20.0. The fourth-order valence-electron chi connectivity index (χ4n) is 2.45. The number of aliphatic hydroxyl groups excluding tert-OH is 1. The minimum absolute atomic E-state index is 0.0666. The molecule has 0 unspecified atom stereocenters. The highest BCUT2D eigenvalue weighted by atomic mass is 16.6. The standard InChI is InChI=1S/C19H18N2O5/c1-12-8-17(26-11-18(24)25-7-6-22)21-19(20-12)15-3-2-14-10-16(23)5-4-13(14)9-15/h2-5,8-10,22-23H,6-7,11H2,1H3. The molecule has 3 rings (SSSR count). The van der Waals surface area contributed by atoms with E-state index in [-0.39, 0.29) is 31.5 Å². The van der Waals surface area contributed by atoms with E-state index < -0.39 is 5.97 Å². The number of nitrogens with zero attached hydrogens (tertiary/aromatic N) is 2. The van der Waals surface area contributed by atoms with Gasteiger partial charge in [0.15, 0.2) is 12.4 Å². The van der Waals surface area contributed by atoms with Crippen molar-refractivity contribution in [1.82, 2.24) is 9.97 Å². The number of phenolic OH excluding ortho intramolecular Hbond substituents is 1. The van der Waals surface area contributed by atoms with E-state index in [1.165, 1.54) is 0 Å². The van der Waals surface area contributed by atoms with Crippen LogP contribution in [0.2, 0.25) is 0 Å². The number of carbonyl (C=O) groups excluding carboxylic acids is 1. The fraction of sp³-hybridized carbons (Fsp3) is 0.211.